The van der Waals surface area contributed by atoms with Crippen molar-refractivity contribution in [3.8, 4) is 0 Å². The van der Waals surface area contributed by atoms with Gasteiger partial charge in [0, 0.05) is 20.0 Å². The van der Waals surface area contributed by atoms with Crippen molar-refractivity contribution in [2.45, 2.75) is 18.9 Å². The molecule has 0 aliphatic carbocycles. The Morgan fingerprint density at radius 1 is 1.09 bits per heavy atom. The fraction of sp³-hybridized carbons (Fsp3) is 0.222. The third-order valence-electron chi connectivity index (χ3n) is 4.02. The summed E-state index contributed by atoms with van der Waals surface area (Å²) in [5.41, 5.74) is 5.98. The Bertz CT molecular complexity index is 715. The van der Waals surface area contributed by atoms with Crippen molar-refractivity contribution in [1.82, 2.24) is 10.7 Å². The van der Waals surface area contributed by atoms with Crippen molar-refractivity contribution in [2.24, 2.45) is 0 Å². The molecule has 1 aliphatic heterocycles. The predicted molar refractivity (Wildman–Crippen MR) is 88.6 cm³/mol. The average Bonchev–Trinajstić information content (AvgIpc) is 2.86. The second-order valence-corrected chi connectivity index (χ2v) is 5.48. The maximum atomic E-state index is 12.7. The third kappa shape index (κ3) is 3.10. The molecule has 3 rings (SSSR count). The predicted octanol–water partition coefficient (Wildman–Crippen LogP) is 1.96. The average molecular weight is 309 g/mol. The zero-order valence-electron chi connectivity index (χ0n) is 13.0. The molecule has 0 aromatic heterocycles. The minimum Gasteiger partial charge on any atom is -0.359 e. The molecule has 0 saturated heterocycles. The Balaban J connectivity index is 1.81. The number of hydrogen-bond acceptors (Lipinski definition) is 3. The summed E-state index contributed by atoms with van der Waals surface area (Å²) in [4.78, 5) is 24.4. The van der Waals surface area contributed by atoms with Crippen LogP contribution in [0.2, 0.25) is 0 Å². The topological polar surface area (TPSA) is 61.4 Å². The molecular weight excluding hydrogens is 290 g/mol. The summed E-state index contributed by atoms with van der Waals surface area (Å²) in [6, 6.07) is 17.5. The molecule has 1 atom stereocenters. The van der Waals surface area contributed by atoms with Crippen LogP contribution in [0.5, 0.6) is 0 Å². The van der Waals surface area contributed by atoms with Crippen molar-refractivity contribution in [2.75, 3.05) is 12.1 Å². The lowest BCUT2D eigenvalue weighted by Gasteiger charge is -2.19. The number of para-hydroxylation sites is 1. The van der Waals surface area contributed by atoms with Gasteiger partial charge in [0.1, 0.15) is 0 Å². The Morgan fingerprint density at radius 3 is 2.52 bits per heavy atom. The number of hydrogen-bond donors (Lipinski definition) is 2. The van der Waals surface area contributed by atoms with Crippen LogP contribution < -0.4 is 15.8 Å². The number of amides is 2. The fourth-order valence-electron chi connectivity index (χ4n) is 2.81. The maximum absolute atomic E-state index is 12.7. The first-order chi connectivity index (χ1) is 11.2. The number of nitrogens with one attached hydrogen (secondary N) is 2. The van der Waals surface area contributed by atoms with Crippen LogP contribution in [-0.4, -0.2) is 18.9 Å². The van der Waals surface area contributed by atoms with Gasteiger partial charge in [-0.15, -0.1) is 0 Å². The van der Waals surface area contributed by atoms with Gasteiger partial charge in [0.25, 0.3) is 0 Å². The van der Waals surface area contributed by atoms with E-state index < -0.39 is 5.92 Å². The van der Waals surface area contributed by atoms with Crippen LogP contribution >= 0.6 is 0 Å². The van der Waals surface area contributed by atoms with Gasteiger partial charge in [-0.3, -0.25) is 9.59 Å². The van der Waals surface area contributed by atoms with E-state index in [9.17, 15) is 9.59 Å². The summed E-state index contributed by atoms with van der Waals surface area (Å²) in [6.07, 6.45) is 0.163. The van der Waals surface area contributed by atoms with Gasteiger partial charge < -0.3 is 5.32 Å². The lowest BCUT2D eigenvalue weighted by atomic mass is 9.97. The van der Waals surface area contributed by atoms with E-state index in [-0.39, 0.29) is 18.2 Å². The fourth-order valence-corrected chi connectivity index (χ4v) is 2.81. The van der Waals surface area contributed by atoms with Crippen molar-refractivity contribution >= 4 is 17.5 Å². The molecule has 2 aromatic rings. The Hall–Kier alpha value is -2.66. The molecule has 0 bridgehead atoms. The lowest BCUT2D eigenvalue weighted by Crippen LogP contribution is -2.41. The highest BCUT2D eigenvalue weighted by molar-refractivity contribution is 6.06. The number of benzene rings is 2. The summed E-state index contributed by atoms with van der Waals surface area (Å²) in [5, 5.41) is 4.15. The quantitative estimate of drug-likeness (QED) is 0.887. The van der Waals surface area contributed by atoms with E-state index in [1.165, 1.54) is 0 Å². The SMILES string of the molecule is CNC(=O)CC1C(=O)N(NCc2ccccc2)c2ccccc21. The number of anilines is 1. The van der Waals surface area contributed by atoms with E-state index in [0.717, 1.165) is 16.8 Å². The normalized spacial score (nSPS) is 16.3. The summed E-state index contributed by atoms with van der Waals surface area (Å²) >= 11 is 0. The number of nitrogens with zero attached hydrogens (tertiary/aromatic N) is 1. The van der Waals surface area contributed by atoms with Crippen molar-refractivity contribution in [3.05, 3.63) is 65.7 Å². The second-order valence-electron chi connectivity index (χ2n) is 5.48. The van der Waals surface area contributed by atoms with Gasteiger partial charge in [-0.1, -0.05) is 48.5 Å². The highest BCUT2D eigenvalue weighted by atomic mass is 16.2. The number of carbonyl (C=O) groups is 2. The molecule has 0 fully saturated rings. The maximum Gasteiger partial charge on any atom is 0.249 e. The Morgan fingerprint density at radius 2 is 1.78 bits per heavy atom. The van der Waals surface area contributed by atoms with E-state index in [0.29, 0.717) is 6.54 Å². The molecule has 1 unspecified atom stereocenters. The van der Waals surface area contributed by atoms with Crippen molar-refractivity contribution in [1.29, 1.82) is 0 Å². The smallest absolute Gasteiger partial charge is 0.249 e. The number of hydrazine groups is 1. The highest BCUT2D eigenvalue weighted by Crippen LogP contribution is 2.37. The van der Waals surface area contributed by atoms with Gasteiger partial charge >= 0.3 is 0 Å². The molecule has 0 saturated carbocycles. The number of rotatable bonds is 5. The van der Waals surface area contributed by atoms with Gasteiger partial charge in [0.15, 0.2) is 0 Å². The van der Waals surface area contributed by atoms with Gasteiger partial charge in [-0.25, -0.2) is 10.4 Å². The minimum atomic E-state index is -0.436. The van der Waals surface area contributed by atoms with Crippen LogP contribution in [0.15, 0.2) is 54.6 Å². The molecule has 2 amide bonds. The van der Waals surface area contributed by atoms with Gasteiger partial charge in [0.2, 0.25) is 11.8 Å². The second kappa shape index (κ2) is 6.62. The van der Waals surface area contributed by atoms with E-state index in [2.05, 4.69) is 10.7 Å². The number of fused-ring (bicyclic) bond motifs is 1. The van der Waals surface area contributed by atoms with Gasteiger partial charge in [-0.2, -0.15) is 0 Å². The van der Waals surface area contributed by atoms with E-state index in [1.807, 2.05) is 54.6 Å². The van der Waals surface area contributed by atoms with Crippen LogP contribution in [0.1, 0.15) is 23.5 Å². The summed E-state index contributed by atoms with van der Waals surface area (Å²) in [6.45, 7) is 0.549. The van der Waals surface area contributed by atoms with Gasteiger partial charge in [0.05, 0.1) is 11.6 Å². The third-order valence-corrected chi connectivity index (χ3v) is 4.02. The van der Waals surface area contributed by atoms with Crippen LogP contribution in [0, 0.1) is 0 Å². The molecule has 5 heteroatoms. The monoisotopic (exact) mass is 309 g/mol. The molecule has 2 aromatic carbocycles. The van der Waals surface area contributed by atoms with E-state index in [1.54, 1.807) is 12.1 Å². The summed E-state index contributed by atoms with van der Waals surface area (Å²) < 4.78 is 0. The standard InChI is InChI=1S/C18H19N3O2/c1-19-17(22)11-15-14-9-5-6-10-16(14)21(18(15)23)20-12-13-7-3-2-4-8-13/h2-10,15,20H,11-12H2,1H3,(H,19,22). The molecule has 5 nitrogen and oxygen atoms in total. The van der Waals surface area contributed by atoms with E-state index in [4.69, 9.17) is 0 Å². The zero-order chi connectivity index (χ0) is 16.2. The molecule has 0 radical (unpaired) electrons. The van der Waals surface area contributed by atoms with Crippen LogP contribution in [-0.2, 0) is 16.1 Å². The van der Waals surface area contributed by atoms with Crippen LogP contribution in [0.3, 0.4) is 0 Å². The van der Waals surface area contributed by atoms with Gasteiger partial charge in [-0.05, 0) is 17.2 Å². The van der Waals surface area contributed by atoms with Crippen LogP contribution in [0.4, 0.5) is 5.69 Å². The number of carbonyl (C=O) groups excluding carboxylic acids is 2. The summed E-state index contributed by atoms with van der Waals surface area (Å²) in [7, 11) is 1.58. The first-order valence-electron chi connectivity index (χ1n) is 7.61. The molecule has 0 spiro atoms. The first-order valence-corrected chi connectivity index (χ1v) is 7.61. The Kier molecular flexibility index (Phi) is 4.39. The lowest BCUT2D eigenvalue weighted by molar-refractivity contribution is -0.126. The van der Waals surface area contributed by atoms with Crippen molar-refractivity contribution < 1.29 is 9.59 Å². The van der Waals surface area contributed by atoms with Crippen LogP contribution in [0.25, 0.3) is 0 Å². The molecule has 23 heavy (non-hydrogen) atoms. The van der Waals surface area contributed by atoms with E-state index >= 15 is 0 Å². The Labute approximate surface area is 135 Å². The minimum absolute atomic E-state index is 0.0919. The molecule has 118 valence electrons. The summed E-state index contributed by atoms with van der Waals surface area (Å²) in [5.74, 6) is -0.664. The molecular formula is C18H19N3O2. The molecule has 1 heterocycles. The first kappa shape index (κ1) is 15.2. The molecule has 1 aliphatic rings. The molecule has 2 N–H and O–H groups in total. The zero-order valence-corrected chi connectivity index (χ0v) is 13.0. The van der Waals surface area contributed by atoms with Crippen molar-refractivity contribution in [3.63, 3.8) is 0 Å². The largest absolute Gasteiger partial charge is 0.359 e. The highest BCUT2D eigenvalue weighted by Gasteiger charge is 2.38.